The predicted octanol–water partition coefficient (Wildman–Crippen LogP) is 4.53. The van der Waals surface area contributed by atoms with Gasteiger partial charge in [-0.1, -0.05) is 40.9 Å². The predicted molar refractivity (Wildman–Crippen MR) is 75.1 cm³/mol. The maximum absolute atomic E-state index is 3.59. The average molecular weight is 294 g/mol. The fourth-order valence-corrected chi connectivity index (χ4v) is 3.95. The Balaban J connectivity index is 1.81. The van der Waals surface area contributed by atoms with Crippen molar-refractivity contribution in [2.75, 3.05) is 6.54 Å². The third kappa shape index (κ3) is 2.43. The Morgan fingerprint density at radius 2 is 1.88 bits per heavy atom. The lowest BCUT2D eigenvalue weighted by atomic mass is 10.0. The third-order valence-corrected chi connectivity index (χ3v) is 4.81. The topological polar surface area (TPSA) is 3.24 Å². The van der Waals surface area contributed by atoms with Crippen molar-refractivity contribution in [1.82, 2.24) is 4.90 Å². The maximum Gasteiger partial charge on any atom is 0.0351 e. The number of likely N-dealkylation sites (tertiary alicyclic amines) is 1. The van der Waals surface area contributed by atoms with E-state index in [1.807, 2.05) is 0 Å². The lowest BCUT2D eigenvalue weighted by Crippen LogP contribution is -2.32. The van der Waals surface area contributed by atoms with Crippen LogP contribution in [-0.2, 0) is 0 Å². The highest BCUT2D eigenvalue weighted by molar-refractivity contribution is 9.10. The molecule has 1 aromatic rings. The molecular weight excluding hydrogens is 274 g/mol. The van der Waals surface area contributed by atoms with Gasteiger partial charge in [0.25, 0.3) is 0 Å². The molecule has 1 saturated heterocycles. The smallest absolute Gasteiger partial charge is 0.0351 e. The first-order valence-corrected chi connectivity index (χ1v) is 7.65. The molecule has 0 spiro atoms. The van der Waals surface area contributed by atoms with Crippen molar-refractivity contribution in [2.24, 2.45) is 0 Å². The van der Waals surface area contributed by atoms with Gasteiger partial charge in [0, 0.05) is 16.6 Å². The molecule has 1 nitrogen and oxygen atoms in total. The van der Waals surface area contributed by atoms with Crippen LogP contribution < -0.4 is 0 Å². The van der Waals surface area contributed by atoms with E-state index in [4.69, 9.17) is 0 Å². The largest absolute Gasteiger partial charge is 0.293 e. The summed E-state index contributed by atoms with van der Waals surface area (Å²) < 4.78 is 1.22. The summed E-state index contributed by atoms with van der Waals surface area (Å²) in [5.74, 6) is 0. The minimum absolute atomic E-state index is 0.676. The van der Waals surface area contributed by atoms with Gasteiger partial charge in [-0.15, -0.1) is 0 Å². The summed E-state index contributed by atoms with van der Waals surface area (Å²) in [6.45, 7) is 1.31. The summed E-state index contributed by atoms with van der Waals surface area (Å²) in [6, 6.07) is 10.4. The molecule has 3 rings (SSSR count). The van der Waals surface area contributed by atoms with Gasteiger partial charge in [-0.05, 0) is 49.9 Å². The van der Waals surface area contributed by atoms with Gasteiger partial charge in [0.2, 0.25) is 0 Å². The minimum atomic E-state index is 0.676. The molecule has 2 heteroatoms. The lowest BCUT2D eigenvalue weighted by molar-refractivity contribution is 0.183. The van der Waals surface area contributed by atoms with E-state index in [9.17, 15) is 0 Å². The summed E-state index contributed by atoms with van der Waals surface area (Å²) in [5, 5.41) is 0. The number of hydrogen-bond acceptors (Lipinski definition) is 1. The summed E-state index contributed by atoms with van der Waals surface area (Å²) in [5.41, 5.74) is 1.50. The van der Waals surface area contributed by atoms with E-state index >= 15 is 0 Å². The average Bonchev–Trinajstić information content (AvgIpc) is 3.00. The number of rotatable bonds is 2. The highest BCUT2D eigenvalue weighted by Gasteiger charge is 2.32. The molecule has 0 bridgehead atoms. The highest BCUT2D eigenvalue weighted by atomic mass is 79.9. The summed E-state index contributed by atoms with van der Waals surface area (Å²) in [7, 11) is 0. The van der Waals surface area contributed by atoms with E-state index in [1.54, 1.807) is 0 Å². The molecule has 1 saturated carbocycles. The summed E-state index contributed by atoms with van der Waals surface area (Å²) in [6.07, 6.45) is 8.42. The molecule has 2 aliphatic rings. The van der Waals surface area contributed by atoms with Gasteiger partial charge in [0.15, 0.2) is 0 Å². The van der Waals surface area contributed by atoms with Crippen molar-refractivity contribution < 1.29 is 0 Å². The van der Waals surface area contributed by atoms with Crippen LogP contribution in [-0.4, -0.2) is 17.5 Å². The zero-order valence-corrected chi connectivity index (χ0v) is 11.8. The normalized spacial score (nSPS) is 26.8. The van der Waals surface area contributed by atoms with Crippen molar-refractivity contribution in [3.8, 4) is 0 Å². The van der Waals surface area contributed by atoms with E-state index in [0.29, 0.717) is 6.04 Å². The molecule has 1 heterocycles. The number of halogens is 1. The SMILES string of the molecule is Brc1cccc(C2CCCN2C2CCCC2)c1. The van der Waals surface area contributed by atoms with Crippen molar-refractivity contribution in [2.45, 2.75) is 50.6 Å². The molecule has 0 aromatic heterocycles. The van der Waals surface area contributed by atoms with Gasteiger partial charge in [0.05, 0.1) is 0 Å². The van der Waals surface area contributed by atoms with E-state index in [1.165, 1.54) is 55.1 Å². The molecule has 1 aromatic carbocycles. The zero-order chi connectivity index (χ0) is 11.7. The molecule has 92 valence electrons. The fraction of sp³-hybridized carbons (Fsp3) is 0.600. The van der Waals surface area contributed by atoms with Crippen LogP contribution in [0.5, 0.6) is 0 Å². The molecule has 1 aliphatic heterocycles. The number of nitrogens with zero attached hydrogens (tertiary/aromatic N) is 1. The molecule has 1 aliphatic carbocycles. The van der Waals surface area contributed by atoms with Gasteiger partial charge in [-0.25, -0.2) is 0 Å². The van der Waals surface area contributed by atoms with Crippen LogP contribution in [0.2, 0.25) is 0 Å². The second kappa shape index (κ2) is 5.11. The molecule has 2 fully saturated rings. The Hall–Kier alpha value is -0.340. The van der Waals surface area contributed by atoms with Crippen molar-refractivity contribution in [3.63, 3.8) is 0 Å². The van der Waals surface area contributed by atoms with Crippen LogP contribution in [0.15, 0.2) is 28.7 Å². The van der Waals surface area contributed by atoms with E-state index in [-0.39, 0.29) is 0 Å². The summed E-state index contributed by atoms with van der Waals surface area (Å²) in [4.78, 5) is 2.77. The van der Waals surface area contributed by atoms with Crippen molar-refractivity contribution >= 4 is 15.9 Å². The van der Waals surface area contributed by atoms with Crippen LogP contribution in [0.3, 0.4) is 0 Å². The van der Waals surface area contributed by atoms with Crippen LogP contribution in [0.4, 0.5) is 0 Å². The van der Waals surface area contributed by atoms with E-state index in [2.05, 4.69) is 45.1 Å². The molecule has 17 heavy (non-hydrogen) atoms. The first-order chi connectivity index (χ1) is 8.34. The van der Waals surface area contributed by atoms with Gasteiger partial charge in [-0.3, -0.25) is 4.90 Å². The second-order valence-corrected chi connectivity index (χ2v) is 6.30. The van der Waals surface area contributed by atoms with Gasteiger partial charge >= 0.3 is 0 Å². The first kappa shape index (κ1) is 11.7. The number of benzene rings is 1. The first-order valence-electron chi connectivity index (χ1n) is 6.86. The molecule has 0 amide bonds. The Morgan fingerprint density at radius 3 is 2.65 bits per heavy atom. The molecule has 0 N–H and O–H groups in total. The summed E-state index contributed by atoms with van der Waals surface area (Å²) >= 11 is 3.59. The van der Waals surface area contributed by atoms with Gasteiger partial charge in [-0.2, -0.15) is 0 Å². The lowest BCUT2D eigenvalue weighted by Gasteiger charge is -2.30. The second-order valence-electron chi connectivity index (χ2n) is 5.39. The quantitative estimate of drug-likeness (QED) is 0.774. The zero-order valence-electron chi connectivity index (χ0n) is 10.2. The van der Waals surface area contributed by atoms with Crippen LogP contribution in [0, 0.1) is 0 Å². The van der Waals surface area contributed by atoms with Gasteiger partial charge in [0.1, 0.15) is 0 Å². The van der Waals surface area contributed by atoms with Crippen molar-refractivity contribution in [3.05, 3.63) is 34.3 Å². The minimum Gasteiger partial charge on any atom is -0.293 e. The van der Waals surface area contributed by atoms with E-state index in [0.717, 1.165) is 6.04 Å². The van der Waals surface area contributed by atoms with Crippen LogP contribution in [0.25, 0.3) is 0 Å². The number of hydrogen-bond donors (Lipinski definition) is 0. The Labute approximate surface area is 112 Å². The monoisotopic (exact) mass is 293 g/mol. The van der Waals surface area contributed by atoms with Crippen LogP contribution >= 0.6 is 15.9 Å². The van der Waals surface area contributed by atoms with Crippen LogP contribution in [0.1, 0.15) is 50.1 Å². The third-order valence-electron chi connectivity index (χ3n) is 4.32. The molecule has 1 atom stereocenters. The van der Waals surface area contributed by atoms with Crippen molar-refractivity contribution in [1.29, 1.82) is 0 Å². The van der Waals surface area contributed by atoms with Gasteiger partial charge < -0.3 is 0 Å². The standard InChI is InChI=1S/C15H20BrN/c16-13-6-3-5-12(11-13)15-9-4-10-17(15)14-7-1-2-8-14/h3,5-6,11,14-15H,1-2,4,7-10H2. The Bertz CT molecular complexity index is 384. The molecule has 0 radical (unpaired) electrons. The Kier molecular flexibility index (Phi) is 3.53. The highest BCUT2D eigenvalue weighted by Crippen LogP contribution is 2.38. The maximum atomic E-state index is 3.59. The molecule has 1 unspecified atom stereocenters. The van der Waals surface area contributed by atoms with E-state index < -0.39 is 0 Å². The fourth-order valence-electron chi connectivity index (χ4n) is 3.53. The Morgan fingerprint density at radius 1 is 1.06 bits per heavy atom. The molecular formula is C15H20BrN.